The number of aryl methyl sites for hydroxylation is 1. The zero-order valence-corrected chi connectivity index (χ0v) is 15.2. The number of hydrogen-bond donors (Lipinski definition) is 0. The van der Waals surface area contributed by atoms with Crippen LogP contribution < -0.4 is 4.74 Å². The summed E-state index contributed by atoms with van der Waals surface area (Å²) >= 11 is 9.66. The van der Waals surface area contributed by atoms with E-state index in [4.69, 9.17) is 30.3 Å². The molecular formula is C17H15BrClNO4. The summed E-state index contributed by atoms with van der Waals surface area (Å²) in [5, 5.41) is 4.95. The molecule has 2 aromatic rings. The van der Waals surface area contributed by atoms with E-state index in [1.54, 1.807) is 0 Å². The molecule has 3 aliphatic rings. The Kier molecular flexibility index (Phi) is 3.46. The number of benzene rings is 1. The third-order valence-electron chi connectivity index (χ3n) is 4.95. The van der Waals surface area contributed by atoms with Crippen molar-refractivity contribution < 1.29 is 18.7 Å². The molecule has 1 fully saturated rings. The summed E-state index contributed by atoms with van der Waals surface area (Å²) in [5.74, 6) is 1.10. The third-order valence-corrected chi connectivity index (χ3v) is 5.75. The highest BCUT2D eigenvalue weighted by Crippen LogP contribution is 2.46. The summed E-state index contributed by atoms with van der Waals surface area (Å²) in [6.07, 6.45) is 2.81. The number of aromatic nitrogens is 1. The number of fused-ring (bicyclic) bond motifs is 2. The molecule has 0 amide bonds. The SMILES string of the molecule is Clc1cc(Br)c2c(c1)C[C@@H](c1onc3c1CC1(CC3)OCCO1)O2. The highest BCUT2D eigenvalue weighted by molar-refractivity contribution is 9.10. The molecule has 1 aromatic carbocycles. The maximum absolute atomic E-state index is 6.14. The van der Waals surface area contributed by atoms with E-state index in [9.17, 15) is 0 Å². The Hall–Kier alpha value is -1.08. The first-order valence-electron chi connectivity index (χ1n) is 8.03. The van der Waals surface area contributed by atoms with Crippen LogP contribution in [0.25, 0.3) is 0 Å². The van der Waals surface area contributed by atoms with E-state index in [0.29, 0.717) is 31.1 Å². The van der Waals surface area contributed by atoms with Crippen molar-refractivity contribution in [3.05, 3.63) is 44.2 Å². The van der Waals surface area contributed by atoms with Crippen LogP contribution in [0, 0.1) is 0 Å². The average Bonchev–Trinajstić information content (AvgIpc) is 3.25. The molecule has 2 aliphatic heterocycles. The predicted octanol–water partition coefficient (Wildman–Crippen LogP) is 4.00. The molecule has 0 radical (unpaired) electrons. The van der Waals surface area contributed by atoms with Crippen molar-refractivity contribution in [3.63, 3.8) is 0 Å². The van der Waals surface area contributed by atoms with Gasteiger partial charge in [0, 0.05) is 35.4 Å². The molecule has 1 atom stereocenters. The van der Waals surface area contributed by atoms with Crippen molar-refractivity contribution in [1.82, 2.24) is 5.16 Å². The van der Waals surface area contributed by atoms with Crippen molar-refractivity contribution in [2.75, 3.05) is 13.2 Å². The van der Waals surface area contributed by atoms with Crippen LogP contribution in [0.4, 0.5) is 0 Å². The standard InChI is InChI=1S/C17H15BrClNO4/c18-12-7-10(19)5-9-6-14(23-15(9)12)16-11-8-17(21-3-4-22-17)2-1-13(11)20-24-16/h5,7,14H,1-4,6,8H2/t14-/m0/s1. The van der Waals surface area contributed by atoms with E-state index in [1.807, 2.05) is 12.1 Å². The van der Waals surface area contributed by atoms with Crippen molar-refractivity contribution in [3.8, 4) is 5.75 Å². The first-order chi connectivity index (χ1) is 11.6. The molecule has 0 unspecified atom stereocenters. The van der Waals surface area contributed by atoms with E-state index in [1.165, 1.54) is 0 Å². The summed E-state index contributed by atoms with van der Waals surface area (Å²) in [6, 6.07) is 3.78. The Labute approximate surface area is 152 Å². The van der Waals surface area contributed by atoms with E-state index in [0.717, 1.165) is 45.6 Å². The van der Waals surface area contributed by atoms with E-state index >= 15 is 0 Å². The molecule has 0 saturated carbocycles. The van der Waals surface area contributed by atoms with Crippen LogP contribution in [0.5, 0.6) is 5.75 Å². The van der Waals surface area contributed by atoms with Gasteiger partial charge < -0.3 is 18.7 Å². The Morgan fingerprint density at radius 3 is 2.92 bits per heavy atom. The summed E-state index contributed by atoms with van der Waals surface area (Å²) < 4.78 is 24.4. The van der Waals surface area contributed by atoms with Gasteiger partial charge in [-0.15, -0.1) is 0 Å². The van der Waals surface area contributed by atoms with Gasteiger partial charge in [0.15, 0.2) is 17.7 Å². The molecule has 0 bridgehead atoms. The Morgan fingerprint density at radius 1 is 1.25 bits per heavy atom. The fraction of sp³-hybridized carbons (Fsp3) is 0.471. The van der Waals surface area contributed by atoms with Crippen LogP contribution in [-0.2, 0) is 28.7 Å². The molecule has 0 N–H and O–H groups in total. The highest BCUT2D eigenvalue weighted by atomic mass is 79.9. The second kappa shape index (κ2) is 5.46. The lowest BCUT2D eigenvalue weighted by Crippen LogP contribution is -2.37. The molecule has 3 heterocycles. The molecule has 5 rings (SSSR count). The van der Waals surface area contributed by atoms with Crippen molar-refractivity contribution in [2.45, 2.75) is 37.6 Å². The van der Waals surface area contributed by atoms with Gasteiger partial charge in [0.05, 0.1) is 23.4 Å². The Balaban J connectivity index is 1.48. The van der Waals surface area contributed by atoms with Gasteiger partial charge in [-0.1, -0.05) is 16.8 Å². The van der Waals surface area contributed by atoms with Gasteiger partial charge in [0.25, 0.3) is 0 Å². The third kappa shape index (κ3) is 2.31. The molecule has 24 heavy (non-hydrogen) atoms. The van der Waals surface area contributed by atoms with Crippen LogP contribution >= 0.6 is 27.5 Å². The highest BCUT2D eigenvalue weighted by Gasteiger charge is 2.44. The van der Waals surface area contributed by atoms with E-state index in [2.05, 4.69) is 21.1 Å². The van der Waals surface area contributed by atoms with Gasteiger partial charge in [-0.25, -0.2) is 0 Å². The second-order valence-electron chi connectivity index (χ2n) is 6.44. The zero-order valence-electron chi connectivity index (χ0n) is 12.8. The monoisotopic (exact) mass is 411 g/mol. The smallest absolute Gasteiger partial charge is 0.181 e. The van der Waals surface area contributed by atoms with Crippen LogP contribution in [-0.4, -0.2) is 24.2 Å². The average molecular weight is 413 g/mol. The molecule has 5 nitrogen and oxygen atoms in total. The van der Waals surface area contributed by atoms with Gasteiger partial charge in [-0.05, 0) is 34.5 Å². The Bertz CT molecular complexity index is 815. The van der Waals surface area contributed by atoms with Gasteiger partial charge >= 0.3 is 0 Å². The molecule has 7 heteroatoms. The molecule has 1 aromatic heterocycles. The summed E-state index contributed by atoms with van der Waals surface area (Å²) in [6.45, 7) is 1.29. The first kappa shape index (κ1) is 15.2. The minimum absolute atomic E-state index is 0.192. The molecule has 1 aliphatic carbocycles. The number of rotatable bonds is 1. The first-order valence-corrected chi connectivity index (χ1v) is 9.20. The molecule has 1 saturated heterocycles. The maximum Gasteiger partial charge on any atom is 0.181 e. The lowest BCUT2D eigenvalue weighted by molar-refractivity contribution is -0.164. The zero-order chi connectivity index (χ0) is 16.3. The minimum atomic E-state index is -0.511. The summed E-state index contributed by atoms with van der Waals surface area (Å²) in [4.78, 5) is 0. The van der Waals surface area contributed by atoms with Gasteiger partial charge in [-0.2, -0.15) is 0 Å². The quantitative estimate of drug-likeness (QED) is 0.709. The van der Waals surface area contributed by atoms with Gasteiger partial charge in [-0.3, -0.25) is 0 Å². The van der Waals surface area contributed by atoms with Crippen LogP contribution in [0.3, 0.4) is 0 Å². The number of hydrogen-bond acceptors (Lipinski definition) is 5. The maximum atomic E-state index is 6.14. The normalized spacial score (nSPS) is 24.0. The van der Waals surface area contributed by atoms with E-state index < -0.39 is 5.79 Å². The van der Waals surface area contributed by atoms with Gasteiger partial charge in [0.1, 0.15) is 5.75 Å². The number of ether oxygens (including phenoxy) is 3. The predicted molar refractivity (Wildman–Crippen MR) is 89.4 cm³/mol. The molecule has 1 spiro atoms. The number of nitrogens with zero attached hydrogens (tertiary/aromatic N) is 1. The second-order valence-corrected chi connectivity index (χ2v) is 7.73. The number of halogens is 2. The topological polar surface area (TPSA) is 53.7 Å². The van der Waals surface area contributed by atoms with Crippen molar-refractivity contribution >= 4 is 27.5 Å². The summed E-state index contributed by atoms with van der Waals surface area (Å²) in [5.41, 5.74) is 3.14. The van der Waals surface area contributed by atoms with Crippen LogP contribution in [0.1, 0.15) is 35.1 Å². The molecule has 126 valence electrons. The lowest BCUT2D eigenvalue weighted by Gasteiger charge is -2.30. The van der Waals surface area contributed by atoms with Crippen LogP contribution in [0.15, 0.2) is 21.1 Å². The van der Waals surface area contributed by atoms with Crippen LogP contribution in [0.2, 0.25) is 5.02 Å². The van der Waals surface area contributed by atoms with Crippen molar-refractivity contribution in [2.24, 2.45) is 0 Å². The molecular weight excluding hydrogens is 398 g/mol. The fourth-order valence-corrected chi connectivity index (χ4v) is 4.80. The van der Waals surface area contributed by atoms with Gasteiger partial charge in [0.2, 0.25) is 0 Å². The largest absolute Gasteiger partial charge is 0.481 e. The summed E-state index contributed by atoms with van der Waals surface area (Å²) in [7, 11) is 0. The lowest BCUT2D eigenvalue weighted by atomic mass is 9.89. The van der Waals surface area contributed by atoms with E-state index in [-0.39, 0.29) is 6.10 Å². The van der Waals surface area contributed by atoms with Crippen molar-refractivity contribution in [1.29, 1.82) is 0 Å². The Morgan fingerprint density at radius 2 is 2.08 bits per heavy atom. The fourth-order valence-electron chi connectivity index (χ4n) is 3.83. The minimum Gasteiger partial charge on any atom is -0.481 e.